The molecule has 0 aromatic carbocycles. The third-order valence-corrected chi connectivity index (χ3v) is 6.17. The summed E-state index contributed by atoms with van der Waals surface area (Å²) in [4.78, 5) is 14.9. The van der Waals surface area contributed by atoms with E-state index in [9.17, 15) is 13.2 Å². The first kappa shape index (κ1) is 18.4. The van der Waals surface area contributed by atoms with Crippen LogP contribution in [0.15, 0.2) is 0 Å². The minimum atomic E-state index is -3.31. The van der Waals surface area contributed by atoms with Crippen LogP contribution in [0.25, 0.3) is 0 Å². The molecule has 1 aliphatic carbocycles. The van der Waals surface area contributed by atoms with Crippen molar-refractivity contribution in [3.63, 3.8) is 0 Å². The monoisotopic (exact) mass is 368 g/mol. The Hall–Kier alpha value is -1.41. The molecular weight excluding hydrogens is 340 g/mol. The molecule has 0 radical (unpaired) electrons. The molecule has 1 fully saturated rings. The van der Waals surface area contributed by atoms with Gasteiger partial charge in [0.1, 0.15) is 0 Å². The van der Waals surface area contributed by atoms with Crippen molar-refractivity contribution in [3.8, 4) is 0 Å². The van der Waals surface area contributed by atoms with Crippen molar-refractivity contribution in [1.29, 1.82) is 0 Å². The molecule has 1 amide bonds. The number of fused-ring (bicyclic) bond motifs is 1. The van der Waals surface area contributed by atoms with E-state index in [0.717, 1.165) is 31.2 Å². The Morgan fingerprint density at radius 1 is 1.24 bits per heavy atom. The molecule has 7 nitrogen and oxygen atoms in total. The number of aryl methyl sites for hydroxylation is 1. The molecule has 8 heteroatoms. The molecule has 1 saturated heterocycles. The fourth-order valence-electron chi connectivity index (χ4n) is 4.16. The van der Waals surface area contributed by atoms with Crippen molar-refractivity contribution in [2.45, 2.75) is 45.6 Å². The molecule has 3 rings (SSSR count). The van der Waals surface area contributed by atoms with Gasteiger partial charge in [0.15, 0.2) is 5.69 Å². The quantitative estimate of drug-likeness (QED) is 0.857. The van der Waals surface area contributed by atoms with Crippen LogP contribution in [-0.4, -0.2) is 54.4 Å². The minimum absolute atomic E-state index is 0.0674. The van der Waals surface area contributed by atoms with Crippen LogP contribution in [0.2, 0.25) is 0 Å². The first-order chi connectivity index (χ1) is 11.7. The summed E-state index contributed by atoms with van der Waals surface area (Å²) < 4.78 is 27.9. The van der Waals surface area contributed by atoms with Gasteiger partial charge in [-0.1, -0.05) is 13.8 Å². The number of hydrogen-bond acceptors (Lipinski definition) is 4. The van der Waals surface area contributed by atoms with Crippen LogP contribution in [0.1, 0.15) is 48.4 Å². The SMILES string of the molecule is CC(C)[C@@H]1CN(C(=O)c2nn(C)c3c2CCCC3)C[C@H]1NS(C)(=O)=O. The highest BCUT2D eigenvalue weighted by atomic mass is 32.2. The van der Waals surface area contributed by atoms with Gasteiger partial charge in [0.25, 0.3) is 5.91 Å². The van der Waals surface area contributed by atoms with E-state index in [1.54, 1.807) is 4.90 Å². The number of carbonyl (C=O) groups is 1. The van der Waals surface area contributed by atoms with Crippen LogP contribution in [0.4, 0.5) is 0 Å². The summed E-state index contributed by atoms with van der Waals surface area (Å²) in [5.74, 6) is 0.329. The lowest BCUT2D eigenvalue weighted by Gasteiger charge is -2.21. The van der Waals surface area contributed by atoms with E-state index in [1.165, 1.54) is 11.9 Å². The van der Waals surface area contributed by atoms with Crippen molar-refractivity contribution in [3.05, 3.63) is 17.0 Å². The largest absolute Gasteiger partial charge is 0.335 e. The Morgan fingerprint density at radius 2 is 1.92 bits per heavy atom. The Labute approximate surface area is 149 Å². The number of nitrogens with one attached hydrogen (secondary N) is 1. The number of likely N-dealkylation sites (tertiary alicyclic amines) is 1. The van der Waals surface area contributed by atoms with E-state index >= 15 is 0 Å². The zero-order valence-electron chi connectivity index (χ0n) is 15.4. The van der Waals surface area contributed by atoms with E-state index in [1.807, 2.05) is 11.7 Å². The molecule has 2 aliphatic rings. The molecule has 0 unspecified atom stereocenters. The van der Waals surface area contributed by atoms with Gasteiger partial charge < -0.3 is 4.90 Å². The summed E-state index contributed by atoms with van der Waals surface area (Å²) in [7, 11) is -1.41. The predicted molar refractivity (Wildman–Crippen MR) is 95.8 cm³/mol. The molecule has 0 bridgehead atoms. The summed E-state index contributed by atoms with van der Waals surface area (Å²) in [6, 6.07) is -0.238. The fourth-order valence-corrected chi connectivity index (χ4v) is 4.96. The lowest BCUT2D eigenvalue weighted by atomic mass is 9.92. The fraction of sp³-hybridized carbons (Fsp3) is 0.765. The highest BCUT2D eigenvalue weighted by molar-refractivity contribution is 7.88. The zero-order chi connectivity index (χ0) is 18.4. The second-order valence-electron chi connectivity index (χ2n) is 7.72. The highest BCUT2D eigenvalue weighted by Gasteiger charge is 2.40. The number of nitrogens with zero attached hydrogens (tertiary/aromatic N) is 3. The summed E-state index contributed by atoms with van der Waals surface area (Å²) >= 11 is 0. The molecule has 2 heterocycles. The second kappa shape index (κ2) is 6.72. The Bertz CT molecular complexity index is 769. The first-order valence-electron chi connectivity index (χ1n) is 8.98. The van der Waals surface area contributed by atoms with Gasteiger partial charge in [-0.3, -0.25) is 9.48 Å². The van der Waals surface area contributed by atoms with E-state index < -0.39 is 10.0 Å². The number of carbonyl (C=O) groups excluding carboxylic acids is 1. The van der Waals surface area contributed by atoms with Gasteiger partial charge in [0.2, 0.25) is 10.0 Å². The van der Waals surface area contributed by atoms with Crippen LogP contribution >= 0.6 is 0 Å². The van der Waals surface area contributed by atoms with Crippen molar-refractivity contribution < 1.29 is 13.2 Å². The molecule has 140 valence electrons. The van der Waals surface area contributed by atoms with Crippen LogP contribution in [0.3, 0.4) is 0 Å². The van der Waals surface area contributed by atoms with Gasteiger partial charge in [-0.25, -0.2) is 13.1 Å². The van der Waals surface area contributed by atoms with Gasteiger partial charge in [0.05, 0.1) is 6.26 Å². The van der Waals surface area contributed by atoms with Crippen molar-refractivity contribution in [1.82, 2.24) is 19.4 Å². The van der Waals surface area contributed by atoms with E-state index in [4.69, 9.17) is 0 Å². The molecule has 1 aromatic rings. The van der Waals surface area contributed by atoms with Gasteiger partial charge >= 0.3 is 0 Å². The topological polar surface area (TPSA) is 84.3 Å². The maximum atomic E-state index is 13.1. The smallest absolute Gasteiger partial charge is 0.274 e. The highest BCUT2D eigenvalue weighted by Crippen LogP contribution is 2.29. The molecule has 25 heavy (non-hydrogen) atoms. The summed E-state index contributed by atoms with van der Waals surface area (Å²) in [6.45, 7) is 5.10. The van der Waals surface area contributed by atoms with Crippen molar-refractivity contribution in [2.75, 3.05) is 19.3 Å². The lowest BCUT2D eigenvalue weighted by Crippen LogP contribution is -2.41. The van der Waals surface area contributed by atoms with E-state index in [0.29, 0.717) is 18.8 Å². The average molecular weight is 369 g/mol. The maximum absolute atomic E-state index is 13.1. The molecule has 0 spiro atoms. The zero-order valence-corrected chi connectivity index (χ0v) is 16.3. The molecule has 0 saturated carbocycles. The van der Waals surface area contributed by atoms with E-state index in [2.05, 4.69) is 23.7 Å². The number of aromatic nitrogens is 2. The second-order valence-corrected chi connectivity index (χ2v) is 9.50. The maximum Gasteiger partial charge on any atom is 0.274 e. The molecule has 2 atom stereocenters. The Balaban J connectivity index is 1.84. The number of sulfonamides is 1. The Kier molecular flexibility index (Phi) is 4.94. The van der Waals surface area contributed by atoms with Gasteiger partial charge in [-0.15, -0.1) is 0 Å². The minimum Gasteiger partial charge on any atom is -0.335 e. The lowest BCUT2D eigenvalue weighted by molar-refractivity contribution is 0.0775. The van der Waals surface area contributed by atoms with Gasteiger partial charge in [-0.05, 0) is 37.5 Å². The molecular formula is C17H28N4O3S. The van der Waals surface area contributed by atoms with Crippen molar-refractivity contribution >= 4 is 15.9 Å². The standard InChI is InChI=1S/C17H28N4O3S/c1-11(2)13-9-21(10-14(13)19-25(4,23)24)17(22)16-12-7-5-6-8-15(12)20(3)18-16/h11,13-14,19H,5-10H2,1-4H3/t13-,14+/m0/s1. The number of rotatable bonds is 4. The van der Waals surface area contributed by atoms with Gasteiger partial charge in [-0.2, -0.15) is 5.10 Å². The van der Waals surface area contributed by atoms with Crippen LogP contribution in [0.5, 0.6) is 0 Å². The third-order valence-electron chi connectivity index (χ3n) is 5.44. The molecule has 1 aliphatic heterocycles. The average Bonchev–Trinajstić information content (AvgIpc) is 3.07. The summed E-state index contributed by atoms with van der Waals surface area (Å²) in [6.07, 6.45) is 5.27. The van der Waals surface area contributed by atoms with Crippen LogP contribution in [-0.2, 0) is 29.9 Å². The van der Waals surface area contributed by atoms with Crippen molar-refractivity contribution in [2.24, 2.45) is 18.9 Å². The third kappa shape index (κ3) is 3.74. The van der Waals surface area contributed by atoms with Crippen LogP contribution < -0.4 is 4.72 Å². The predicted octanol–water partition coefficient (Wildman–Crippen LogP) is 0.945. The van der Waals surface area contributed by atoms with Gasteiger partial charge in [0, 0.05) is 37.4 Å². The van der Waals surface area contributed by atoms with Crippen LogP contribution in [0, 0.1) is 11.8 Å². The summed E-state index contributed by atoms with van der Waals surface area (Å²) in [5.41, 5.74) is 2.80. The number of amides is 1. The Morgan fingerprint density at radius 3 is 2.56 bits per heavy atom. The number of hydrogen-bond donors (Lipinski definition) is 1. The summed E-state index contributed by atoms with van der Waals surface area (Å²) in [5, 5.41) is 4.49. The molecule has 1 aromatic heterocycles. The normalized spacial score (nSPS) is 24.0. The molecule has 1 N–H and O–H groups in total. The van der Waals surface area contributed by atoms with E-state index in [-0.39, 0.29) is 23.8 Å². The first-order valence-corrected chi connectivity index (χ1v) is 10.9.